The van der Waals surface area contributed by atoms with Crippen molar-refractivity contribution < 1.29 is 23.9 Å². The molecule has 11 heteroatoms. The van der Waals surface area contributed by atoms with Crippen molar-refractivity contribution >= 4 is 11.9 Å². The van der Waals surface area contributed by atoms with E-state index in [4.69, 9.17) is 14.0 Å². The van der Waals surface area contributed by atoms with Crippen LogP contribution in [0.5, 0.6) is 0 Å². The fourth-order valence-electron chi connectivity index (χ4n) is 4.26. The molecule has 5 rings (SSSR count). The van der Waals surface area contributed by atoms with E-state index in [0.29, 0.717) is 48.5 Å². The number of likely N-dealkylation sites (tertiary alicyclic amines) is 1. The molecule has 0 aliphatic carbocycles. The second-order valence-electron chi connectivity index (χ2n) is 8.48. The highest BCUT2D eigenvalue weighted by atomic mass is 16.5. The number of hydrogen-bond donors (Lipinski definition) is 2. The molecule has 34 heavy (non-hydrogen) atoms. The van der Waals surface area contributed by atoms with Crippen LogP contribution < -0.4 is 5.32 Å². The Bertz CT molecular complexity index is 1190. The lowest BCUT2D eigenvalue weighted by Gasteiger charge is -2.30. The van der Waals surface area contributed by atoms with Crippen LogP contribution in [0.4, 0.5) is 5.95 Å². The fourth-order valence-corrected chi connectivity index (χ4v) is 4.26. The molecule has 2 aliphatic rings. The highest BCUT2D eigenvalue weighted by molar-refractivity contribution is 5.87. The van der Waals surface area contributed by atoms with E-state index in [2.05, 4.69) is 25.4 Å². The molecule has 1 amide bonds. The molecule has 2 fully saturated rings. The number of carbonyl (C=O) groups excluding carboxylic acids is 1. The molecule has 0 radical (unpaired) electrons. The Morgan fingerprint density at radius 1 is 1.21 bits per heavy atom. The molecule has 2 aliphatic heterocycles. The number of nitrogens with zero attached hydrogens (tertiary/aromatic N) is 5. The number of anilines is 1. The van der Waals surface area contributed by atoms with Gasteiger partial charge in [-0.25, -0.2) is 15.0 Å². The molecular weight excluding hydrogens is 440 g/mol. The van der Waals surface area contributed by atoms with E-state index in [1.54, 1.807) is 38.6 Å². The van der Waals surface area contributed by atoms with Gasteiger partial charge in [0.25, 0.3) is 5.91 Å². The lowest BCUT2D eigenvalue weighted by atomic mass is 9.98. The van der Waals surface area contributed by atoms with Gasteiger partial charge in [-0.3, -0.25) is 4.79 Å². The molecule has 178 valence electrons. The van der Waals surface area contributed by atoms with E-state index in [1.165, 1.54) is 4.90 Å². The molecule has 3 atom stereocenters. The highest BCUT2D eigenvalue weighted by Gasteiger charge is 2.48. The summed E-state index contributed by atoms with van der Waals surface area (Å²) in [5.74, 6) is 0.161. The number of pyridine rings is 1. The molecule has 11 nitrogen and oxygen atoms in total. The summed E-state index contributed by atoms with van der Waals surface area (Å²) < 4.78 is 16.5. The van der Waals surface area contributed by atoms with Crippen LogP contribution in [0, 0.1) is 0 Å². The smallest absolute Gasteiger partial charge is 0.262 e. The first-order valence-electron chi connectivity index (χ1n) is 11.1. The maximum Gasteiger partial charge on any atom is 0.262 e. The van der Waals surface area contributed by atoms with Crippen LogP contribution in [0.1, 0.15) is 18.6 Å². The van der Waals surface area contributed by atoms with Crippen LogP contribution in [-0.4, -0.2) is 82.1 Å². The first-order valence-corrected chi connectivity index (χ1v) is 11.1. The van der Waals surface area contributed by atoms with Gasteiger partial charge in [0.05, 0.1) is 35.8 Å². The third-order valence-electron chi connectivity index (χ3n) is 6.27. The Balaban J connectivity index is 1.38. The Morgan fingerprint density at radius 3 is 2.76 bits per heavy atom. The van der Waals surface area contributed by atoms with Gasteiger partial charge >= 0.3 is 0 Å². The van der Waals surface area contributed by atoms with E-state index in [-0.39, 0.29) is 24.3 Å². The van der Waals surface area contributed by atoms with Gasteiger partial charge in [0.1, 0.15) is 5.69 Å². The van der Waals surface area contributed by atoms with Crippen molar-refractivity contribution in [2.24, 2.45) is 0 Å². The Morgan fingerprint density at radius 2 is 2.00 bits per heavy atom. The lowest BCUT2D eigenvalue weighted by molar-refractivity contribution is -0.144. The highest BCUT2D eigenvalue weighted by Crippen LogP contribution is 2.34. The standard InChI is InChI=1S/C23H26N6O5/c1-29-10-8-23(31,21(29)30)20-12-17(28-34-20)15-5-3-4-14(25-15)16-6-9-24-22(26-16)27-18-13-33-11-7-19(18)32-2/h3-6,9,12,18-19,31H,7-8,10-11,13H2,1-2H3,(H,24,26,27)/t18?,19-,23-/m1/s1. The maximum absolute atomic E-state index is 12.4. The predicted molar refractivity (Wildman–Crippen MR) is 121 cm³/mol. The van der Waals surface area contributed by atoms with Crippen LogP contribution >= 0.6 is 0 Å². The zero-order valence-electron chi connectivity index (χ0n) is 19.0. The second-order valence-corrected chi connectivity index (χ2v) is 8.48. The van der Waals surface area contributed by atoms with Gasteiger partial charge in [-0.2, -0.15) is 0 Å². The molecular formula is C23H26N6O5. The summed E-state index contributed by atoms with van der Waals surface area (Å²) in [6.07, 6.45) is 2.73. The van der Waals surface area contributed by atoms with Crippen LogP contribution in [0.2, 0.25) is 0 Å². The van der Waals surface area contributed by atoms with Crippen LogP contribution in [-0.2, 0) is 19.9 Å². The molecule has 5 heterocycles. The van der Waals surface area contributed by atoms with Crippen molar-refractivity contribution in [2.75, 3.05) is 39.2 Å². The van der Waals surface area contributed by atoms with Gasteiger partial charge in [-0.05, 0) is 24.6 Å². The Kier molecular flexibility index (Phi) is 5.98. The van der Waals surface area contributed by atoms with E-state index in [1.807, 2.05) is 12.1 Å². The molecule has 0 saturated carbocycles. The van der Waals surface area contributed by atoms with Gasteiger partial charge in [-0.1, -0.05) is 11.2 Å². The van der Waals surface area contributed by atoms with Crippen molar-refractivity contribution in [1.82, 2.24) is 25.0 Å². The summed E-state index contributed by atoms with van der Waals surface area (Å²) in [7, 11) is 3.33. The first kappa shape index (κ1) is 22.4. The number of nitrogens with one attached hydrogen (secondary N) is 1. The van der Waals surface area contributed by atoms with Crippen molar-refractivity contribution in [3.05, 3.63) is 42.3 Å². The minimum absolute atomic E-state index is 0.0187. The van der Waals surface area contributed by atoms with Gasteiger partial charge in [0, 0.05) is 46.0 Å². The largest absolute Gasteiger partial charge is 0.379 e. The topological polar surface area (TPSA) is 136 Å². The summed E-state index contributed by atoms with van der Waals surface area (Å²) in [5, 5.41) is 18.1. The van der Waals surface area contributed by atoms with Crippen LogP contribution in [0.25, 0.3) is 22.8 Å². The molecule has 2 saturated heterocycles. The summed E-state index contributed by atoms with van der Waals surface area (Å²) in [4.78, 5) is 27.4. The average Bonchev–Trinajstić information content (AvgIpc) is 3.47. The van der Waals surface area contributed by atoms with Crippen molar-refractivity contribution in [2.45, 2.75) is 30.6 Å². The summed E-state index contributed by atoms with van der Waals surface area (Å²) in [6.45, 7) is 1.63. The zero-order chi connectivity index (χ0) is 23.7. The average molecular weight is 466 g/mol. The monoisotopic (exact) mass is 466 g/mol. The van der Waals surface area contributed by atoms with E-state index >= 15 is 0 Å². The molecule has 1 unspecified atom stereocenters. The van der Waals surface area contributed by atoms with E-state index in [9.17, 15) is 9.90 Å². The number of aliphatic hydroxyl groups is 1. The number of hydrogen-bond acceptors (Lipinski definition) is 10. The van der Waals surface area contributed by atoms with Crippen molar-refractivity contribution in [3.8, 4) is 22.8 Å². The number of ether oxygens (including phenoxy) is 2. The second kappa shape index (κ2) is 9.09. The first-order chi connectivity index (χ1) is 16.5. The van der Waals surface area contributed by atoms with Crippen LogP contribution in [0.3, 0.4) is 0 Å². The van der Waals surface area contributed by atoms with E-state index < -0.39 is 11.5 Å². The quantitative estimate of drug-likeness (QED) is 0.549. The predicted octanol–water partition coefficient (Wildman–Crippen LogP) is 1.46. The molecule has 3 aromatic rings. The summed E-state index contributed by atoms with van der Waals surface area (Å²) in [6, 6.07) is 8.73. The molecule has 0 bridgehead atoms. The number of likely N-dealkylation sites (N-methyl/N-ethyl adjacent to an activating group) is 1. The Hall–Kier alpha value is -3.41. The van der Waals surface area contributed by atoms with Gasteiger partial charge < -0.3 is 29.3 Å². The third kappa shape index (κ3) is 4.13. The molecule has 2 N–H and O–H groups in total. The SMILES string of the molecule is CO[C@@H]1CCOCC1Nc1nccc(-c2cccc(-c3cc([C@]4(O)CCN(C)C4=O)on3)n2)n1. The Labute approximate surface area is 196 Å². The van der Waals surface area contributed by atoms with Gasteiger partial charge in [0.2, 0.25) is 11.5 Å². The number of rotatable bonds is 6. The number of amides is 1. The molecule has 0 aromatic carbocycles. The fraction of sp³-hybridized carbons (Fsp3) is 0.435. The minimum atomic E-state index is -1.70. The summed E-state index contributed by atoms with van der Waals surface area (Å²) in [5.41, 5.74) is 0.491. The third-order valence-corrected chi connectivity index (χ3v) is 6.27. The zero-order valence-corrected chi connectivity index (χ0v) is 19.0. The van der Waals surface area contributed by atoms with Crippen LogP contribution in [0.15, 0.2) is 41.1 Å². The summed E-state index contributed by atoms with van der Waals surface area (Å²) >= 11 is 0. The molecule has 0 spiro atoms. The number of carbonyl (C=O) groups is 1. The maximum atomic E-state index is 12.4. The van der Waals surface area contributed by atoms with E-state index in [0.717, 1.165) is 6.42 Å². The normalized spacial score (nSPS) is 25.0. The molecule has 3 aromatic heterocycles. The van der Waals surface area contributed by atoms with Crippen molar-refractivity contribution in [1.29, 1.82) is 0 Å². The number of aromatic nitrogens is 4. The minimum Gasteiger partial charge on any atom is -0.379 e. The number of methoxy groups -OCH3 is 1. The lowest BCUT2D eigenvalue weighted by Crippen LogP contribution is -2.43. The van der Waals surface area contributed by atoms with Gasteiger partial charge in [-0.15, -0.1) is 0 Å². The van der Waals surface area contributed by atoms with Crippen molar-refractivity contribution in [3.63, 3.8) is 0 Å². The van der Waals surface area contributed by atoms with Gasteiger partial charge in [0.15, 0.2) is 5.76 Å².